The second-order valence-corrected chi connectivity index (χ2v) is 4.69. The molecule has 0 N–H and O–H groups in total. The lowest BCUT2D eigenvalue weighted by molar-refractivity contribution is 0.171. The molecule has 17 heavy (non-hydrogen) atoms. The standard InChI is InChI=1S/C12H17ClN2O2/c1-14(2)8-9-7-10(13)5-6-11(9)17-12(16)15(3)4/h5-7H,8H2,1-4H3. The zero-order chi connectivity index (χ0) is 13.0. The zero-order valence-electron chi connectivity index (χ0n) is 10.5. The van der Waals surface area contributed by atoms with Gasteiger partial charge in [0.15, 0.2) is 0 Å². The first kappa shape index (κ1) is 13.8. The van der Waals surface area contributed by atoms with E-state index in [0.29, 0.717) is 17.3 Å². The number of halogens is 1. The molecular formula is C12H17ClN2O2. The Morgan fingerprint density at radius 1 is 1.29 bits per heavy atom. The number of carbonyl (C=O) groups excluding carboxylic acids is 1. The van der Waals surface area contributed by atoms with E-state index < -0.39 is 6.09 Å². The molecule has 0 fully saturated rings. The van der Waals surface area contributed by atoms with Crippen molar-refractivity contribution in [2.75, 3.05) is 28.2 Å². The van der Waals surface area contributed by atoms with Crippen LogP contribution in [0.5, 0.6) is 5.75 Å². The number of rotatable bonds is 3. The Balaban J connectivity index is 2.93. The van der Waals surface area contributed by atoms with Gasteiger partial charge in [-0.1, -0.05) is 11.6 Å². The molecule has 94 valence electrons. The molecule has 1 rings (SSSR count). The smallest absolute Gasteiger partial charge is 0.410 e. The molecule has 0 aromatic heterocycles. The van der Waals surface area contributed by atoms with Crippen molar-refractivity contribution in [3.8, 4) is 5.75 Å². The van der Waals surface area contributed by atoms with Gasteiger partial charge in [-0.05, 0) is 32.3 Å². The van der Waals surface area contributed by atoms with Crippen molar-refractivity contribution < 1.29 is 9.53 Å². The van der Waals surface area contributed by atoms with Crippen LogP contribution < -0.4 is 4.74 Å². The Hall–Kier alpha value is -1.26. The molecule has 1 aromatic carbocycles. The average molecular weight is 257 g/mol. The Kier molecular flexibility index (Phi) is 4.78. The molecule has 0 saturated heterocycles. The first-order chi connectivity index (χ1) is 7.90. The highest BCUT2D eigenvalue weighted by atomic mass is 35.5. The second kappa shape index (κ2) is 5.89. The molecule has 0 spiro atoms. The van der Waals surface area contributed by atoms with E-state index in [2.05, 4.69) is 0 Å². The quantitative estimate of drug-likeness (QED) is 0.833. The molecule has 0 saturated carbocycles. The predicted molar refractivity (Wildman–Crippen MR) is 68.6 cm³/mol. The minimum Gasteiger partial charge on any atom is -0.410 e. The summed E-state index contributed by atoms with van der Waals surface area (Å²) in [4.78, 5) is 14.9. The van der Waals surface area contributed by atoms with Crippen LogP contribution in [0, 0.1) is 0 Å². The molecule has 5 heteroatoms. The van der Waals surface area contributed by atoms with Crippen molar-refractivity contribution in [1.29, 1.82) is 0 Å². The van der Waals surface area contributed by atoms with Gasteiger partial charge >= 0.3 is 6.09 Å². The fourth-order valence-electron chi connectivity index (χ4n) is 1.30. The normalized spacial score (nSPS) is 10.5. The molecular weight excluding hydrogens is 240 g/mol. The van der Waals surface area contributed by atoms with Crippen LogP contribution in [0.15, 0.2) is 18.2 Å². The predicted octanol–water partition coefficient (Wildman–Crippen LogP) is 2.46. The fourth-order valence-corrected chi connectivity index (χ4v) is 1.49. The molecule has 0 heterocycles. The van der Waals surface area contributed by atoms with E-state index >= 15 is 0 Å². The SMILES string of the molecule is CN(C)Cc1cc(Cl)ccc1OC(=O)N(C)C. The van der Waals surface area contributed by atoms with Gasteiger partial charge < -0.3 is 14.5 Å². The maximum absolute atomic E-state index is 11.5. The Morgan fingerprint density at radius 3 is 2.47 bits per heavy atom. The number of ether oxygens (including phenoxy) is 1. The molecule has 0 aliphatic heterocycles. The summed E-state index contributed by atoms with van der Waals surface area (Å²) in [6.07, 6.45) is -0.396. The van der Waals surface area contributed by atoms with Crippen molar-refractivity contribution >= 4 is 17.7 Å². The minimum atomic E-state index is -0.396. The summed E-state index contributed by atoms with van der Waals surface area (Å²) < 4.78 is 5.26. The average Bonchev–Trinajstić information content (AvgIpc) is 2.20. The molecule has 4 nitrogen and oxygen atoms in total. The molecule has 1 amide bonds. The lowest BCUT2D eigenvalue weighted by Crippen LogP contribution is -2.26. The van der Waals surface area contributed by atoms with Crippen LogP contribution in [0.25, 0.3) is 0 Å². The van der Waals surface area contributed by atoms with Gasteiger partial charge in [0.05, 0.1) is 0 Å². The number of carbonyl (C=O) groups is 1. The van der Waals surface area contributed by atoms with Gasteiger partial charge in [0.25, 0.3) is 0 Å². The maximum atomic E-state index is 11.5. The van der Waals surface area contributed by atoms with Gasteiger partial charge in [-0.15, -0.1) is 0 Å². The van der Waals surface area contributed by atoms with Gasteiger partial charge in [0.2, 0.25) is 0 Å². The van der Waals surface area contributed by atoms with Gasteiger partial charge in [0.1, 0.15) is 5.75 Å². The Morgan fingerprint density at radius 2 is 1.94 bits per heavy atom. The van der Waals surface area contributed by atoms with E-state index in [9.17, 15) is 4.79 Å². The van der Waals surface area contributed by atoms with E-state index in [1.807, 2.05) is 19.0 Å². The Labute approximate surface area is 107 Å². The van der Waals surface area contributed by atoms with Crippen LogP contribution in [-0.2, 0) is 6.54 Å². The van der Waals surface area contributed by atoms with Crippen LogP contribution in [0.3, 0.4) is 0 Å². The van der Waals surface area contributed by atoms with Crippen molar-refractivity contribution in [2.24, 2.45) is 0 Å². The summed E-state index contributed by atoms with van der Waals surface area (Å²) in [5.74, 6) is 0.543. The van der Waals surface area contributed by atoms with Crippen LogP contribution in [0.2, 0.25) is 5.02 Å². The largest absolute Gasteiger partial charge is 0.414 e. The molecule has 0 unspecified atom stereocenters. The van der Waals surface area contributed by atoms with Crippen LogP contribution in [0.4, 0.5) is 4.79 Å². The van der Waals surface area contributed by atoms with Crippen LogP contribution in [0.1, 0.15) is 5.56 Å². The van der Waals surface area contributed by atoms with Gasteiger partial charge in [0, 0.05) is 31.2 Å². The summed E-state index contributed by atoms with van der Waals surface area (Å²) in [5, 5.41) is 0.631. The van der Waals surface area contributed by atoms with E-state index in [1.165, 1.54) is 4.90 Å². The van der Waals surface area contributed by atoms with Gasteiger partial charge in [-0.25, -0.2) is 4.79 Å². The van der Waals surface area contributed by atoms with E-state index in [-0.39, 0.29) is 0 Å². The van der Waals surface area contributed by atoms with E-state index in [4.69, 9.17) is 16.3 Å². The summed E-state index contributed by atoms with van der Waals surface area (Å²) >= 11 is 5.93. The molecule has 1 aromatic rings. The van der Waals surface area contributed by atoms with Gasteiger partial charge in [-0.2, -0.15) is 0 Å². The Bertz CT molecular complexity index is 405. The highest BCUT2D eigenvalue weighted by molar-refractivity contribution is 6.30. The van der Waals surface area contributed by atoms with E-state index in [1.54, 1.807) is 32.3 Å². The number of amides is 1. The lowest BCUT2D eigenvalue weighted by atomic mass is 10.2. The van der Waals surface area contributed by atoms with Crippen molar-refractivity contribution in [2.45, 2.75) is 6.54 Å². The number of hydrogen-bond donors (Lipinski definition) is 0. The van der Waals surface area contributed by atoms with Crippen molar-refractivity contribution in [3.63, 3.8) is 0 Å². The van der Waals surface area contributed by atoms with Crippen molar-refractivity contribution in [1.82, 2.24) is 9.80 Å². The first-order valence-corrected chi connectivity index (χ1v) is 5.60. The molecule has 0 radical (unpaired) electrons. The topological polar surface area (TPSA) is 32.8 Å². The molecule has 0 aliphatic rings. The van der Waals surface area contributed by atoms with E-state index in [0.717, 1.165) is 5.56 Å². The first-order valence-electron chi connectivity index (χ1n) is 5.22. The van der Waals surface area contributed by atoms with Crippen LogP contribution in [-0.4, -0.2) is 44.1 Å². The number of benzene rings is 1. The zero-order valence-corrected chi connectivity index (χ0v) is 11.3. The third-order valence-electron chi connectivity index (χ3n) is 2.07. The minimum absolute atomic E-state index is 0.396. The second-order valence-electron chi connectivity index (χ2n) is 4.25. The number of hydrogen-bond acceptors (Lipinski definition) is 3. The van der Waals surface area contributed by atoms with Gasteiger partial charge in [-0.3, -0.25) is 0 Å². The third kappa shape index (κ3) is 4.24. The monoisotopic (exact) mass is 256 g/mol. The summed E-state index contributed by atoms with van der Waals surface area (Å²) in [6, 6.07) is 5.22. The summed E-state index contributed by atoms with van der Waals surface area (Å²) in [5.41, 5.74) is 0.887. The summed E-state index contributed by atoms with van der Waals surface area (Å²) in [7, 11) is 7.17. The lowest BCUT2D eigenvalue weighted by Gasteiger charge is -2.16. The molecule has 0 bridgehead atoms. The highest BCUT2D eigenvalue weighted by Crippen LogP contribution is 2.24. The fraction of sp³-hybridized carbons (Fsp3) is 0.417. The highest BCUT2D eigenvalue weighted by Gasteiger charge is 2.11. The van der Waals surface area contributed by atoms with Crippen LogP contribution >= 0.6 is 11.6 Å². The molecule has 0 atom stereocenters. The summed E-state index contributed by atoms with van der Waals surface area (Å²) in [6.45, 7) is 0.663. The maximum Gasteiger partial charge on any atom is 0.414 e. The van der Waals surface area contributed by atoms with Crippen molar-refractivity contribution in [3.05, 3.63) is 28.8 Å². The molecule has 0 aliphatic carbocycles. The number of nitrogens with zero attached hydrogens (tertiary/aromatic N) is 2. The third-order valence-corrected chi connectivity index (χ3v) is 2.31.